The van der Waals surface area contributed by atoms with E-state index in [1.807, 2.05) is 36.4 Å². The van der Waals surface area contributed by atoms with Crippen molar-refractivity contribution in [2.45, 2.75) is 12.5 Å². The fourth-order valence-corrected chi connectivity index (χ4v) is 3.33. The van der Waals surface area contributed by atoms with Gasteiger partial charge >= 0.3 is 0 Å². The van der Waals surface area contributed by atoms with Crippen LogP contribution in [0.25, 0.3) is 22.3 Å². The Morgan fingerprint density at radius 3 is 2.52 bits per heavy atom. The molecule has 0 radical (unpaired) electrons. The molecule has 0 aliphatic rings. The summed E-state index contributed by atoms with van der Waals surface area (Å²) in [4.78, 5) is 29.0. The van der Waals surface area contributed by atoms with E-state index in [0.29, 0.717) is 18.2 Å². The summed E-state index contributed by atoms with van der Waals surface area (Å²) in [5, 5.41) is 7.54. The predicted octanol–water partition coefficient (Wildman–Crippen LogP) is 2.18. The maximum atomic E-state index is 11.3. The van der Waals surface area contributed by atoms with E-state index in [-0.39, 0.29) is 12.6 Å². The van der Waals surface area contributed by atoms with Crippen LogP contribution in [0.1, 0.15) is 5.56 Å². The summed E-state index contributed by atoms with van der Waals surface area (Å²) in [5.74, 6) is 0.907. The summed E-state index contributed by atoms with van der Waals surface area (Å²) in [6.45, 7) is 0.655. The van der Waals surface area contributed by atoms with Gasteiger partial charge in [0.1, 0.15) is 5.82 Å². The van der Waals surface area contributed by atoms with Gasteiger partial charge in [0, 0.05) is 42.1 Å². The van der Waals surface area contributed by atoms with Crippen molar-refractivity contribution in [3.63, 3.8) is 0 Å². The van der Waals surface area contributed by atoms with Gasteiger partial charge in [-0.2, -0.15) is 0 Å². The molecule has 0 saturated heterocycles. The van der Waals surface area contributed by atoms with Crippen LogP contribution in [0.2, 0.25) is 0 Å². The van der Waals surface area contributed by atoms with Crippen LogP contribution < -0.4 is 16.4 Å². The molecule has 4 N–H and O–H groups in total. The molecule has 31 heavy (non-hydrogen) atoms. The lowest BCUT2D eigenvalue weighted by Crippen LogP contribution is -2.42. The summed E-state index contributed by atoms with van der Waals surface area (Å²) in [6, 6.07) is 15.7. The number of fused-ring (bicyclic) bond motifs is 1. The number of anilines is 1. The quantitative estimate of drug-likeness (QED) is 0.385. The molecule has 1 aromatic carbocycles. The number of rotatable bonds is 9. The number of hydrogen-bond donors (Lipinski definition) is 3. The first kappa shape index (κ1) is 20.4. The fraction of sp³-hybridized carbons (Fsp3) is 0.174. The number of aromatic nitrogens is 4. The van der Waals surface area contributed by atoms with E-state index < -0.39 is 5.91 Å². The highest BCUT2D eigenvalue weighted by Crippen LogP contribution is 2.24. The van der Waals surface area contributed by atoms with Crippen molar-refractivity contribution < 1.29 is 4.79 Å². The van der Waals surface area contributed by atoms with Crippen LogP contribution in [0.15, 0.2) is 73.3 Å². The van der Waals surface area contributed by atoms with Gasteiger partial charge in [0.2, 0.25) is 5.91 Å². The van der Waals surface area contributed by atoms with E-state index in [1.54, 1.807) is 24.8 Å². The van der Waals surface area contributed by atoms with Gasteiger partial charge in [0.25, 0.3) is 0 Å². The van der Waals surface area contributed by atoms with Crippen molar-refractivity contribution in [3.8, 4) is 11.4 Å². The molecule has 0 bridgehead atoms. The van der Waals surface area contributed by atoms with Crippen molar-refractivity contribution in [1.29, 1.82) is 0 Å². The Kier molecular flexibility index (Phi) is 6.39. The van der Waals surface area contributed by atoms with Gasteiger partial charge in [-0.25, -0.2) is 9.97 Å². The summed E-state index contributed by atoms with van der Waals surface area (Å²) in [6.07, 6.45) is 7.60. The van der Waals surface area contributed by atoms with Gasteiger partial charge in [0.15, 0.2) is 5.82 Å². The molecule has 3 heterocycles. The van der Waals surface area contributed by atoms with Gasteiger partial charge in [0.05, 0.1) is 18.3 Å². The van der Waals surface area contributed by atoms with Gasteiger partial charge in [-0.05, 0) is 30.2 Å². The SMILES string of the molecule is NC(=O)CNC(CNc1nc(-c2ccncc2)nc2cnccc12)Cc1ccccc1. The van der Waals surface area contributed by atoms with Crippen LogP contribution in [-0.2, 0) is 11.2 Å². The monoisotopic (exact) mass is 413 g/mol. The second-order valence-corrected chi connectivity index (χ2v) is 7.14. The molecule has 4 rings (SSSR count). The van der Waals surface area contributed by atoms with Crippen LogP contribution in [0.5, 0.6) is 0 Å². The van der Waals surface area contributed by atoms with Crippen LogP contribution in [0.4, 0.5) is 5.82 Å². The van der Waals surface area contributed by atoms with Crippen LogP contribution in [0, 0.1) is 0 Å². The summed E-state index contributed by atoms with van der Waals surface area (Å²) in [7, 11) is 0. The zero-order valence-corrected chi connectivity index (χ0v) is 16.9. The number of primary amides is 1. The summed E-state index contributed by atoms with van der Waals surface area (Å²) in [5.41, 5.74) is 8.13. The van der Waals surface area contributed by atoms with Gasteiger partial charge < -0.3 is 16.4 Å². The number of amides is 1. The number of nitrogens with zero attached hydrogens (tertiary/aromatic N) is 4. The molecule has 0 saturated carbocycles. The lowest BCUT2D eigenvalue weighted by Gasteiger charge is -2.20. The first-order valence-electron chi connectivity index (χ1n) is 10.0. The molecule has 1 unspecified atom stereocenters. The first-order chi connectivity index (χ1) is 15.2. The van der Waals surface area contributed by atoms with E-state index in [9.17, 15) is 4.79 Å². The number of nitrogens with one attached hydrogen (secondary N) is 2. The topological polar surface area (TPSA) is 119 Å². The third-order valence-corrected chi connectivity index (χ3v) is 4.84. The minimum absolute atomic E-state index is 0.0221. The Labute approximate surface area is 180 Å². The largest absolute Gasteiger partial charge is 0.369 e. The Hall–Kier alpha value is -3.91. The molecule has 8 nitrogen and oxygen atoms in total. The standard InChI is InChI=1S/C23H23N7O/c24-21(31)15-27-18(12-16-4-2-1-3-5-16)13-28-23-19-8-11-26-14-20(19)29-22(30-23)17-6-9-25-10-7-17/h1-11,14,18,27H,12-13,15H2,(H2,24,31)(H,28,29,30). The molecule has 156 valence electrons. The Bertz CT molecular complexity index is 1150. The van der Waals surface area contributed by atoms with Crippen molar-refractivity contribution in [2.24, 2.45) is 5.73 Å². The Morgan fingerprint density at radius 2 is 1.74 bits per heavy atom. The predicted molar refractivity (Wildman–Crippen MR) is 120 cm³/mol. The minimum atomic E-state index is -0.392. The number of nitrogens with two attached hydrogens (primary N) is 1. The van der Waals surface area contributed by atoms with Crippen molar-refractivity contribution in [1.82, 2.24) is 25.3 Å². The molecule has 3 aromatic heterocycles. The molecule has 4 aromatic rings. The van der Waals surface area contributed by atoms with Crippen molar-refractivity contribution in [3.05, 3.63) is 78.9 Å². The Balaban J connectivity index is 1.60. The second-order valence-electron chi connectivity index (χ2n) is 7.14. The number of carbonyl (C=O) groups excluding carboxylic acids is 1. The fourth-order valence-electron chi connectivity index (χ4n) is 3.33. The lowest BCUT2D eigenvalue weighted by atomic mass is 10.1. The van der Waals surface area contributed by atoms with Gasteiger partial charge in [-0.15, -0.1) is 0 Å². The lowest BCUT2D eigenvalue weighted by molar-refractivity contribution is -0.117. The van der Waals surface area contributed by atoms with Crippen LogP contribution in [0.3, 0.4) is 0 Å². The molecule has 1 amide bonds. The smallest absolute Gasteiger partial charge is 0.231 e. The highest BCUT2D eigenvalue weighted by atomic mass is 16.1. The van der Waals surface area contributed by atoms with Crippen LogP contribution >= 0.6 is 0 Å². The summed E-state index contributed by atoms with van der Waals surface area (Å²) < 4.78 is 0. The number of hydrogen-bond acceptors (Lipinski definition) is 7. The molecule has 0 aliphatic carbocycles. The van der Waals surface area contributed by atoms with E-state index in [1.165, 1.54) is 5.56 Å². The maximum absolute atomic E-state index is 11.3. The molecular weight excluding hydrogens is 390 g/mol. The average Bonchev–Trinajstić information content (AvgIpc) is 2.81. The molecule has 8 heteroatoms. The Morgan fingerprint density at radius 1 is 0.968 bits per heavy atom. The maximum Gasteiger partial charge on any atom is 0.231 e. The first-order valence-corrected chi connectivity index (χ1v) is 10.0. The van der Waals surface area contributed by atoms with Crippen LogP contribution in [-0.4, -0.2) is 45.0 Å². The summed E-state index contributed by atoms with van der Waals surface area (Å²) >= 11 is 0. The van der Waals surface area contributed by atoms with E-state index >= 15 is 0 Å². The third-order valence-electron chi connectivity index (χ3n) is 4.84. The number of pyridine rings is 2. The molecular formula is C23H23N7O. The number of benzene rings is 1. The van der Waals surface area contributed by atoms with Gasteiger partial charge in [-0.1, -0.05) is 30.3 Å². The highest BCUT2D eigenvalue weighted by molar-refractivity contribution is 5.89. The molecule has 0 fully saturated rings. The number of carbonyl (C=O) groups is 1. The van der Waals surface area contributed by atoms with E-state index in [4.69, 9.17) is 10.7 Å². The highest BCUT2D eigenvalue weighted by Gasteiger charge is 2.14. The minimum Gasteiger partial charge on any atom is -0.369 e. The zero-order chi connectivity index (χ0) is 21.5. The van der Waals surface area contributed by atoms with Crippen molar-refractivity contribution >= 4 is 22.6 Å². The molecule has 0 spiro atoms. The average molecular weight is 413 g/mol. The van der Waals surface area contributed by atoms with E-state index in [2.05, 4.69) is 37.7 Å². The van der Waals surface area contributed by atoms with Crippen molar-refractivity contribution in [2.75, 3.05) is 18.4 Å². The van der Waals surface area contributed by atoms with Gasteiger partial charge in [-0.3, -0.25) is 14.8 Å². The second kappa shape index (κ2) is 9.73. The van der Waals surface area contributed by atoms with E-state index in [0.717, 1.165) is 22.9 Å². The molecule has 1 atom stereocenters. The normalized spacial score (nSPS) is 11.9. The molecule has 0 aliphatic heterocycles. The third kappa shape index (κ3) is 5.37. The zero-order valence-electron chi connectivity index (χ0n) is 16.9.